The van der Waals surface area contributed by atoms with Gasteiger partial charge in [0.2, 0.25) is 12.7 Å². The molecule has 28 heavy (non-hydrogen) atoms. The fourth-order valence-corrected chi connectivity index (χ4v) is 4.48. The Bertz CT molecular complexity index is 728. The Hall–Kier alpha value is -1.77. The quantitative estimate of drug-likeness (QED) is 0.525. The number of nitrogens with one attached hydrogen (secondary N) is 1. The molecule has 1 unspecified atom stereocenters. The molecule has 7 nitrogen and oxygen atoms in total. The first-order chi connectivity index (χ1) is 13.5. The molecule has 0 spiro atoms. The van der Waals surface area contributed by atoms with Crippen LogP contribution in [0, 0.1) is 0 Å². The van der Waals surface area contributed by atoms with Crippen LogP contribution in [-0.2, 0) is 4.79 Å². The number of rotatable bonds is 8. The molecular formula is C20H29N3O4S. The molecule has 8 heteroatoms. The minimum atomic E-state index is -0.137. The number of carbonyl (C=O) groups excluding carboxylic acids is 2. The van der Waals surface area contributed by atoms with Gasteiger partial charge in [0.1, 0.15) is 0 Å². The van der Waals surface area contributed by atoms with E-state index in [-0.39, 0.29) is 25.0 Å². The Morgan fingerprint density at radius 3 is 2.79 bits per heavy atom. The van der Waals surface area contributed by atoms with Crippen molar-refractivity contribution in [3.63, 3.8) is 0 Å². The van der Waals surface area contributed by atoms with Gasteiger partial charge in [-0.1, -0.05) is 18.9 Å². The van der Waals surface area contributed by atoms with Crippen molar-refractivity contribution in [3.8, 4) is 11.5 Å². The van der Waals surface area contributed by atoms with Crippen LogP contribution in [-0.4, -0.2) is 66.2 Å². The van der Waals surface area contributed by atoms with Gasteiger partial charge < -0.3 is 14.8 Å². The van der Waals surface area contributed by atoms with Crippen molar-refractivity contribution in [1.82, 2.24) is 9.21 Å². The van der Waals surface area contributed by atoms with Gasteiger partial charge in [0.25, 0.3) is 0 Å². The lowest BCUT2D eigenvalue weighted by Gasteiger charge is -2.36. The van der Waals surface area contributed by atoms with E-state index in [2.05, 4.69) is 21.4 Å². The van der Waals surface area contributed by atoms with E-state index >= 15 is 0 Å². The number of fused-ring (bicyclic) bond motifs is 1. The molecule has 3 rings (SSSR count). The molecule has 2 aliphatic heterocycles. The molecule has 0 aliphatic carbocycles. The van der Waals surface area contributed by atoms with Crippen LogP contribution in [0.4, 0.5) is 5.69 Å². The van der Waals surface area contributed by atoms with Crippen LogP contribution in [0.2, 0.25) is 0 Å². The molecule has 1 aromatic carbocycles. The van der Waals surface area contributed by atoms with Crippen molar-refractivity contribution in [2.75, 3.05) is 44.5 Å². The van der Waals surface area contributed by atoms with E-state index in [0.717, 1.165) is 38.1 Å². The predicted molar refractivity (Wildman–Crippen MR) is 111 cm³/mol. The average Bonchev–Trinajstić information content (AvgIpc) is 3.13. The Kier molecular flexibility index (Phi) is 7.20. The second-order valence-corrected chi connectivity index (χ2v) is 8.47. The van der Waals surface area contributed by atoms with E-state index in [1.54, 1.807) is 12.1 Å². The Morgan fingerprint density at radius 2 is 2.07 bits per heavy atom. The molecule has 2 aliphatic rings. The molecule has 0 radical (unpaired) electrons. The second kappa shape index (κ2) is 9.62. The summed E-state index contributed by atoms with van der Waals surface area (Å²) in [5.74, 6) is 1.95. The zero-order valence-corrected chi connectivity index (χ0v) is 17.6. The number of amides is 1. The minimum absolute atomic E-state index is 0.126. The van der Waals surface area contributed by atoms with Gasteiger partial charge in [-0.3, -0.25) is 14.5 Å². The molecule has 1 amide bonds. The summed E-state index contributed by atoms with van der Waals surface area (Å²) in [5, 5.41) is 2.88. The van der Waals surface area contributed by atoms with Gasteiger partial charge in [-0.25, -0.2) is 4.31 Å². The van der Waals surface area contributed by atoms with Crippen molar-refractivity contribution in [3.05, 3.63) is 17.7 Å². The lowest BCUT2D eigenvalue weighted by Crippen LogP contribution is -2.46. The molecule has 1 saturated heterocycles. The summed E-state index contributed by atoms with van der Waals surface area (Å²) in [5.41, 5.74) is 0.902. The van der Waals surface area contributed by atoms with E-state index < -0.39 is 0 Å². The van der Waals surface area contributed by atoms with Crippen molar-refractivity contribution in [1.29, 1.82) is 0 Å². The standard InChI is InChI=1S/C20H29N3O4S/c1-4-8-28-23-7-5-6-15(11-23)22(3)12-20(25)21-17-10-19-18(26-13-27-19)9-16(17)14(2)24/h9-10,15H,4-8,11-13H2,1-3H3,(H,21,25). The normalized spacial score (nSPS) is 19.1. The third-order valence-corrected chi connectivity index (χ3v) is 6.31. The third kappa shape index (κ3) is 5.18. The number of nitrogens with zero attached hydrogens (tertiary/aromatic N) is 2. The number of ketones is 1. The maximum absolute atomic E-state index is 12.6. The van der Waals surface area contributed by atoms with Crippen LogP contribution in [0.5, 0.6) is 11.5 Å². The highest BCUT2D eigenvalue weighted by Gasteiger charge is 2.25. The maximum atomic E-state index is 12.6. The van der Waals surface area contributed by atoms with Crippen LogP contribution in [0.15, 0.2) is 12.1 Å². The summed E-state index contributed by atoms with van der Waals surface area (Å²) in [4.78, 5) is 26.7. The van der Waals surface area contributed by atoms with Crippen LogP contribution >= 0.6 is 11.9 Å². The highest BCUT2D eigenvalue weighted by molar-refractivity contribution is 7.97. The molecule has 1 aromatic rings. The molecule has 2 heterocycles. The van der Waals surface area contributed by atoms with Crippen LogP contribution in [0.25, 0.3) is 0 Å². The van der Waals surface area contributed by atoms with Crippen molar-refractivity contribution in [2.24, 2.45) is 0 Å². The van der Waals surface area contributed by atoms with Crippen molar-refractivity contribution in [2.45, 2.75) is 39.2 Å². The Labute approximate surface area is 170 Å². The number of benzene rings is 1. The molecule has 1 fully saturated rings. The summed E-state index contributed by atoms with van der Waals surface area (Å²) in [7, 11) is 1.99. The number of anilines is 1. The molecule has 0 saturated carbocycles. The number of hydrogen-bond acceptors (Lipinski definition) is 7. The molecule has 0 aromatic heterocycles. The summed E-state index contributed by atoms with van der Waals surface area (Å²) < 4.78 is 13.1. The van der Waals surface area contributed by atoms with Gasteiger partial charge in [-0.2, -0.15) is 0 Å². The number of ether oxygens (including phenoxy) is 2. The van der Waals surface area contributed by atoms with Crippen molar-refractivity contribution < 1.29 is 19.1 Å². The third-order valence-electron chi connectivity index (χ3n) is 5.02. The number of carbonyl (C=O) groups is 2. The van der Waals surface area contributed by atoms with Crippen LogP contribution < -0.4 is 14.8 Å². The first-order valence-corrected chi connectivity index (χ1v) is 10.7. The van der Waals surface area contributed by atoms with Gasteiger partial charge in [0, 0.05) is 36.5 Å². The monoisotopic (exact) mass is 407 g/mol. The van der Waals surface area contributed by atoms with Gasteiger partial charge in [-0.05, 0) is 39.3 Å². The van der Waals surface area contributed by atoms with Gasteiger partial charge in [0.05, 0.1) is 12.2 Å². The molecular weight excluding hydrogens is 378 g/mol. The molecule has 1 N–H and O–H groups in total. The Balaban J connectivity index is 1.60. The van der Waals surface area contributed by atoms with E-state index in [0.29, 0.717) is 28.8 Å². The number of Topliss-reactive ketones (excluding diaryl/α,β-unsaturated/α-hetero) is 1. The second-order valence-electron chi connectivity index (χ2n) is 7.29. The molecule has 1 atom stereocenters. The van der Waals surface area contributed by atoms with E-state index in [4.69, 9.17) is 9.47 Å². The van der Waals surface area contributed by atoms with Crippen LogP contribution in [0.1, 0.15) is 43.5 Å². The maximum Gasteiger partial charge on any atom is 0.238 e. The van der Waals surface area contributed by atoms with Gasteiger partial charge in [0.15, 0.2) is 17.3 Å². The highest BCUT2D eigenvalue weighted by Crippen LogP contribution is 2.37. The van der Waals surface area contributed by atoms with Gasteiger partial charge >= 0.3 is 0 Å². The zero-order chi connectivity index (χ0) is 20.1. The predicted octanol–water partition coefficient (Wildman–Crippen LogP) is 3.01. The number of likely N-dealkylation sites (N-methyl/N-ethyl adjacent to an activating group) is 1. The fraction of sp³-hybridized carbons (Fsp3) is 0.600. The smallest absolute Gasteiger partial charge is 0.238 e. The van der Waals surface area contributed by atoms with Crippen molar-refractivity contribution >= 4 is 29.3 Å². The molecule has 154 valence electrons. The van der Waals surface area contributed by atoms with E-state index in [1.165, 1.54) is 6.92 Å². The zero-order valence-electron chi connectivity index (χ0n) is 16.8. The first kappa shape index (κ1) is 21.0. The van der Waals surface area contributed by atoms with Crippen LogP contribution in [0.3, 0.4) is 0 Å². The fourth-order valence-electron chi connectivity index (χ4n) is 3.50. The summed E-state index contributed by atoms with van der Waals surface area (Å²) in [6.45, 7) is 6.15. The molecule has 0 bridgehead atoms. The highest BCUT2D eigenvalue weighted by atomic mass is 32.2. The largest absolute Gasteiger partial charge is 0.454 e. The minimum Gasteiger partial charge on any atom is -0.454 e. The number of piperidine rings is 1. The topological polar surface area (TPSA) is 71.1 Å². The summed E-state index contributed by atoms with van der Waals surface area (Å²) in [6, 6.07) is 3.65. The SMILES string of the molecule is CCCSN1CCCC(N(C)CC(=O)Nc2cc3c(cc2C(C)=O)OCO3)C1. The summed E-state index contributed by atoms with van der Waals surface area (Å²) >= 11 is 1.90. The van der Waals surface area contributed by atoms with Gasteiger partial charge in [-0.15, -0.1) is 0 Å². The first-order valence-electron chi connectivity index (χ1n) is 9.80. The lowest BCUT2D eigenvalue weighted by molar-refractivity contribution is -0.117. The van der Waals surface area contributed by atoms with E-state index in [1.807, 2.05) is 19.0 Å². The van der Waals surface area contributed by atoms with E-state index in [9.17, 15) is 9.59 Å². The Morgan fingerprint density at radius 1 is 1.32 bits per heavy atom. The average molecular weight is 408 g/mol. The number of hydrogen-bond donors (Lipinski definition) is 1. The lowest BCUT2D eigenvalue weighted by atomic mass is 10.1. The summed E-state index contributed by atoms with van der Waals surface area (Å²) in [6.07, 6.45) is 3.40.